The highest BCUT2D eigenvalue weighted by atomic mass is 127. The summed E-state index contributed by atoms with van der Waals surface area (Å²) in [6, 6.07) is 7.54. The summed E-state index contributed by atoms with van der Waals surface area (Å²) in [7, 11) is 0. The van der Waals surface area contributed by atoms with Crippen molar-refractivity contribution >= 4 is 55.4 Å². The lowest BCUT2D eigenvalue weighted by Crippen LogP contribution is -1.97. The van der Waals surface area contributed by atoms with Gasteiger partial charge in [0.15, 0.2) is 0 Å². The number of allylic oxidation sites excluding steroid dienone is 1. The monoisotopic (exact) mass is 499 g/mol. The van der Waals surface area contributed by atoms with Gasteiger partial charge in [-0.3, -0.25) is 4.98 Å². The minimum Gasteiger partial charge on any atom is -0.387 e. The fourth-order valence-corrected chi connectivity index (χ4v) is 4.08. The smallest absolute Gasteiger partial charge is 0.101 e. The van der Waals surface area contributed by atoms with E-state index >= 15 is 0 Å². The van der Waals surface area contributed by atoms with Crippen LogP contribution < -0.4 is 0 Å². The molecule has 0 bridgehead atoms. The van der Waals surface area contributed by atoms with Crippen LogP contribution in [0, 0.1) is 5.92 Å². The highest BCUT2D eigenvalue weighted by molar-refractivity contribution is 14.1. The number of nitrogens with zero attached hydrogens (tertiary/aromatic N) is 3. The van der Waals surface area contributed by atoms with E-state index in [2.05, 4.69) is 32.6 Å². The van der Waals surface area contributed by atoms with Crippen molar-refractivity contribution < 1.29 is 5.11 Å². The predicted molar refractivity (Wildman–Crippen MR) is 117 cm³/mol. The fraction of sp³-hybridized carbons (Fsp3) is 0.316. The summed E-state index contributed by atoms with van der Waals surface area (Å²) in [5.41, 5.74) is 2.48. The fourth-order valence-electron chi connectivity index (χ4n) is 2.29. The minimum atomic E-state index is -0.583. The Morgan fingerprint density at radius 3 is 2.58 bits per heavy atom. The lowest BCUT2D eigenvalue weighted by molar-refractivity contribution is 0.194. The molecule has 1 aliphatic rings. The predicted octanol–water partition coefficient (Wildman–Crippen LogP) is 5.91. The van der Waals surface area contributed by atoms with Crippen molar-refractivity contribution in [2.45, 2.75) is 37.8 Å². The molecular weight excluding hydrogens is 481 g/mol. The van der Waals surface area contributed by atoms with Crippen molar-refractivity contribution in [3.05, 3.63) is 57.8 Å². The molecular formula is C19H19ClIN3OS. The van der Waals surface area contributed by atoms with Gasteiger partial charge < -0.3 is 5.11 Å². The lowest BCUT2D eigenvalue weighted by Gasteiger charge is -2.10. The molecule has 0 aliphatic heterocycles. The van der Waals surface area contributed by atoms with Gasteiger partial charge in [-0.05, 0) is 73.5 Å². The van der Waals surface area contributed by atoms with Gasteiger partial charge in [0.05, 0.1) is 26.2 Å². The Morgan fingerprint density at radius 1 is 1.27 bits per heavy atom. The Bertz CT molecular complexity index is 831. The Kier molecular flexibility index (Phi) is 6.71. The number of aromatic nitrogens is 2. The first-order valence-corrected chi connectivity index (χ1v) is 10.6. The van der Waals surface area contributed by atoms with E-state index in [-0.39, 0.29) is 0 Å². The van der Waals surface area contributed by atoms with Crippen LogP contribution in [0.3, 0.4) is 0 Å². The molecule has 136 valence electrons. The Morgan fingerprint density at radius 2 is 2.04 bits per heavy atom. The van der Waals surface area contributed by atoms with Crippen molar-refractivity contribution in [2.75, 3.05) is 0 Å². The second-order valence-corrected chi connectivity index (χ2v) is 8.95. The molecule has 26 heavy (non-hydrogen) atoms. The van der Waals surface area contributed by atoms with E-state index in [1.165, 1.54) is 12.8 Å². The summed E-state index contributed by atoms with van der Waals surface area (Å²) in [6.07, 6.45) is 5.25. The molecule has 0 radical (unpaired) electrons. The molecule has 0 saturated heterocycles. The third kappa shape index (κ3) is 5.28. The van der Waals surface area contributed by atoms with Crippen LogP contribution >= 0.6 is 46.0 Å². The number of thioether (sulfide) groups is 1. The Hall–Kier alpha value is -0.960. The van der Waals surface area contributed by atoms with Crippen LogP contribution in [0.15, 0.2) is 51.6 Å². The normalized spacial score (nSPS) is 17.0. The van der Waals surface area contributed by atoms with Crippen LogP contribution in [0.2, 0.25) is 5.02 Å². The zero-order valence-electron chi connectivity index (χ0n) is 14.5. The van der Waals surface area contributed by atoms with Gasteiger partial charge in [-0.1, -0.05) is 23.4 Å². The maximum Gasteiger partial charge on any atom is 0.101 e. The summed E-state index contributed by atoms with van der Waals surface area (Å²) in [5, 5.41) is 11.2. The number of aliphatic hydroxyl groups is 1. The molecule has 2 aromatic heterocycles. The van der Waals surface area contributed by atoms with Crippen LogP contribution in [0.4, 0.5) is 0 Å². The maximum atomic E-state index is 9.68. The van der Waals surface area contributed by atoms with Crippen molar-refractivity contribution in [2.24, 2.45) is 10.9 Å². The van der Waals surface area contributed by atoms with Gasteiger partial charge in [0.25, 0.3) is 0 Å². The molecule has 1 unspecified atom stereocenters. The van der Waals surface area contributed by atoms with E-state index in [1.807, 2.05) is 31.2 Å². The highest BCUT2D eigenvalue weighted by Gasteiger charge is 2.26. The number of hydrogen-bond acceptors (Lipinski definition) is 5. The van der Waals surface area contributed by atoms with E-state index in [0.717, 1.165) is 24.9 Å². The highest BCUT2D eigenvalue weighted by Crippen LogP contribution is 2.37. The first-order valence-electron chi connectivity index (χ1n) is 8.33. The topological polar surface area (TPSA) is 58.4 Å². The zero-order chi connectivity index (χ0) is 18.7. The van der Waals surface area contributed by atoms with E-state index in [1.54, 1.807) is 31.1 Å². The SMILES string of the molecule is C/C(Sc1ccc(Cl)cn1)=C(\N=C(I)C1CC1)c1ccc(C(C)O)nc1. The Labute approximate surface area is 176 Å². The molecule has 0 amide bonds. The van der Waals surface area contributed by atoms with Crippen LogP contribution in [0.1, 0.15) is 44.1 Å². The number of rotatable bonds is 6. The summed E-state index contributed by atoms with van der Waals surface area (Å²) < 4.78 is 1.13. The largest absolute Gasteiger partial charge is 0.387 e. The molecule has 1 saturated carbocycles. The van der Waals surface area contributed by atoms with Gasteiger partial charge in [-0.15, -0.1) is 0 Å². The van der Waals surface area contributed by atoms with Crippen molar-refractivity contribution in [1.82, 2.24) is 9.97 Å². The van der Waals surface area contributed by atoms with E-state index in [0.29, 0.717) is 16.6 Å². The van der Waals surface area contributed by atoms with Crippen molar-refractivity contribution in [3.63, 3.8) is 0 Å². The number of hydrogen-bond donors (Lipinski definition) is 1. The van der Waals surface area contributed by atoms with E-state index < -0.39 is 6.10 Å². The van der Waals surface area contributed by atoms with Crippen molar-refractivity contribution in [1.29, 1.82) is 0 Å². The second kappa shape index (κ2) is 8.82. The average Bonchev–Trinajstić information content (AvgIpc) is 3.46. The molecule has 1 atom stereocenters. The quantitative estimate of drug-likeness (QED) is 0.305. The Balaban J connectivity index is 1.95. The van der Waals surface area contributed by atoms with Gasteiger partial charge in [-0.25, -0.2) is 9.98 Å². The average molecular weight is 500 g/mol. The molecule has 2 heterocycles. The summed E-state index contributed by atoms with van der Waals surface area (Å²) in [6.45, 7) is 3.75. The zero-order valence-corrected chi connectivity index (χ0v) is 18.2. The maximum absolute atomic E-state index is 9.68. The molecule has 1 fully saturated rings. The molecule has 4 nitrogen and oxygen atoms in total. The van der Waals surface area contributed by atoms with Gasteiger partial charge in [-0.2, -0.15) is 0 Å². The van der Waals surface area contributed by atoms with Crippen molar-refractivity contribution in [3.8, 4) is 0 Å². The standard InChI is InChI=1S/C19H19ClIN3OS/c1-11(25)16-7-5-14(9-22-16)18(24-19(21)13-3-4-13)12(2)26-17-8-6-15(20)10-23-17/h5-11,13,25H,3-4H2,1-2H3/b18-12+,24-19?. The van der Waals surface area contributed by atoms with Crippen LogP contribution in [-0.2, 0) is 0 Å². The van der Waals surface area contributed by atoms with Gasteiger partial charge in [0.2, 0.25) is 0 Å². The molecule has 0 aromatic carbocycles. The molecule has 3 rings (SSSR count). The molecule has 1 N–H and O–H groups in total. The lowest BCUT2D eigenvalue weighted by atomic mass is 10.1. The van der Waals surface area contributed by atoms with Crippen LogP contribution in [0.25, 0.3) is 5.70 Å². The second-order valence-electron chi connectivity index (χ2n) is 6.18. The number of halogens is 2. The van der Waals surface area contributed by atoms with Crippen LogP contribution in [-0.4, -0.2) is 18.8 Å². The third-order valence-corrected chi connectivity index (χ3v) is 6.21. The van der Waals surface area contributed by atoms with Crippen LogP contribution in [0.5, 0.6) is 0 Å². The number of aliphatic imine (C=N–C) groups is 1. The summed E-state index contributed by atoms with van der Waals surface area (Å²) in [5.74, 6) is 0.585. The van der Waals surface area contributed by atoms with Gasteiger partial charge >= 0.3 is 0 Å². The third-order valence-electron chi connectivity index (χ3n) is 3.91. The first-order chi connectivity index (χ1) is 12.4. The molecule has 7 heteroatoms. The summed E-state index contributed by atoms with van der Waals surface area (Å²) in [4.78, 5) is 14.7. The first kappa shape index (κ1) is 19.8. The number of aliphatic hydroxyl groups excluding tert-OH is 1. The number of pyridine rings is 2. The van der Waals surface area contributed by atoms with Gasteiger partial charge in [0, 0.05) is 28.8 Å². The van der Waals surface area contributed by atoms with E-state index in [9.17, 15) is 5.11 Å². The molecule has 2 aromatic rings. The van der Waals surface area contributed by atoms with E-state index in [4.69, 9.17) is 16.6 Å². The molecule has 0 spiro atoms. The minimum absolute atomic E-state index is 0.583. The summed E-state index contributed by atoms with van der Waals surface area (Å²) >= 11 is 9.82. The van der Waals surface area contributed by atoms with Gasteiger partial charge in [0.1, 0.15) is 5.03 Å². The molecule has 1 aliphatic carbocycles.